The van der Waals surface area contributed by atoms with Gasteiger partial charge in [-0.25, -0.2) is 4.98 Å². The topological polar surface area (TPSA) is 42.0 Å². The van der Waals surface area contributed by atoms with Gasteiger partial charge in [0.1, 0.15) is 5.82 Å². The summed E-state index contributed by atoms with van der Waals surface area (Å²) in [5.41, 5.74) is 1.18. The number of nitrogens with one attached hydrogen (secondary N) is 1. The molecule has 0 aliphatic heterocycles. The molecule has 1 amide bonds. The Morgan fingerprint density at radius 1 is 1.27 bits per heavy atom. The average molecular weight is 202 g/mol. The summed E-state index contributed by atoms with van der Waals surface area (Å²) in [6.45, 7) is 2.08. The van der Waals surface area contributed by atoms with Crippen LogP contribution in [-0.2, 0) is 11.2 Å². The summed E-state index contributed by atoms with van der Waals surface area (Å²) >= 11 is 0. The fourth-order valence-electron chi connectivity index (χ4n) is 1.08. The number of aromatic nitrogens is 1. The molecule has 1 aromatic rings. The van der Waals surface area contributed by atoms with Gasteiger partial charge in [0.2, 0.25) is 6.41 Å². The van der Waals surface area contributed by atoms with E-state index in [1.54, 1.807) is 12.3 Å². The van der Waals surface area contributed by atoms with Crippen LogP contribution >= 0.6 is 0 Å². The Morgan fingerprint density at radius 2 is 2.13 bits per heavy atom. The van der Waals surface area contributed by atoms with Crippen molar-refractivity contribution >= 4 is 12.2 Å². The van der Waals surface area contributed by atoms with Gasteiger partial charge >= 0.3 is 0 Å². The third kappa shape index (κ3) is 4.22. The smallest absolute Gasteiger partial charge is 0.212 e. The number of nitrogens with zero attached hydrogens (tertiary/aromatic N) is 1. The average Bonchev–Trinajstić information content (AvgIpc) is 2.27. The highest BCUT2D eigenvalue weighted by molar-refractivity contribution is 5.68. The molecule has 0 aliphatic carbocycles. The maximum absolute atomic E-state index is 10.3. The van der Waals surface area contributed by atoms with E-state index in [0.717, 1.165) is 6.42 Å². The molecule has 0 bridgehead atoms. The molecule has 3 heteroatoms. The number of carbonyl (C=O) groups is 1. The molecule has 0 atom stereocenters. The van der Waals surface area contributed by atoms with Crippen LogP contribution in [0.1, 0.15) is 12.5 Å². The normalized spacial score (nSPS) is 8.87. The van der Waals surface area contributed by atoms with Crippen molar-refractivity contribution in [3.63, 3.8) is 0 Å². The summed E-state index contributed by atoms with van der Waals surface area (Å²) < 4.78 is 0. The first-order valence-corrected chi connectivity index (χ1v) is 4.85. The van der Waals surface area contributed by atoms with Crippen LogP contribution in [-0.4, -0.2) is 11.4 Å². The van der Waals surface area contributed by atoms with Gasteiger partial charge in [0.25, 0.3) is 0 Å². The van der Waals surface area contributed by atoms with Crippen LogP contribution in [0.25, 0.3) is 0 Å². The van der Waals surface area contributed by atoms with E-state index in [-0.39, 0.29) is 0 Å². The first-order chi connectivity index (χ1) is 7.36. The lowest BCUT2D eigenvalue weighted by atomic mass is 10.2. The Kier molecular flexibility index (Phi) is 4.87. The fourth-order valence-corrected chi connectivity index (χ4v) is 1.08. The lowest BCUT2D eigenvalue weighted by molar-refractivity contribution is -0.105. The zero-order chi connectivity index (χ0) is 10.9. The maximum atomic E-state index is 10.3. The van der Waals surface area contributed by atoms with Crippen molar-refractivity contribution in [1.82, 2.24) is 4.98 Å². The Bertz CT molecular complexity index is 376. The molecule has 1 N–H and O–H groups in total. The predicted molar refractivity (Wildman–Crippen MR) is 60.9 cm³/mol. The summed E-state index contributed by atoms with van der Waals surface area (Å²) in [5.74, 6) is 0.538. The van der Waals surface area contributed by atoms with E-state index in [4.69, 9.17) is 0 Å². The predicted octanol–water partition coefficient (Wildman–Crippen LogP) is 2.34. The fraction of sp³-hybridized carbons (Fsp3) is 0.167. The van der Waals surface area contributed by atoms with Crippen LogP contribution in [0.3, 0.4) is 0 Å². The standard InChI is InChI=1S/C12H14N2O/c1-2-11-6-4-3-5-9-13-12(8-7-11)14-10-15/h3-10H,2H2,1H3,(H,13,14,15). The molecular formula is C12H14N2O. The minimum absolute atomic E-state index is 0.538. The van der Waals surface area contributed by atoms with Gasteiger partial charge < -0.3 is 5.32 Å². The molecule has 15 heavy (non-hydrogen) atoms. The Balaban J connectivity index is 3.16. The largest absolute Gasteiger partial charge is 0.313 e. The molecule has 0 saturated carbocycles. The molecular weight excluding hydrogens is 188 g/mol. The lowest BCUT2D eigenvalue weighted by Crippen LogP contribution is -1.94. The number of aryl methyl sites for hydroxylation is 1. The van der Waals surface area contributed by atoms with Crippen molar-refractivity contribution < 1.29 is 4.79 Å². The summed E-state index contributed by atoms with van der Waals surface area (Å²) in [4.78, 5) is 14.4. The van der Waals surface area contributed by atoms with Crippen molar-refractivity contribution in [2.45, 2.75) is 13.3 Å². The summed E-state index contributed by atoms with van der Waals surface area (Å²) in [7, 11) is 0. The molecule has 0 aromatic carbocycles. The molecule has 3 nitrogen and oxygen atoms in total. The van der Waals surface area contributed by atoms with E-state index >= 15 is 0 Å². The molecule has 1 heterocycles. The van der Waals surface area contributed by atoms with Crippen molar-refractivity contribution in [3.05, 3.63) is 48.2 Å². The second-order valence-electron chi connectivity index (χ2n) is 2.93. The Hall–Kier alpha value is -1.90. The van der Waals surface area contributed by atoms with Crippen LogP contribution < -0.4 is 5.32 Å². The van der Waals surface area contributed by atoms with E-state index in [0.29, 0.717) is 12.2 Å². The number of amides is 1. The van der Waals surface area contributed by atoms with E-state index in [1.807, 2.05) is 30.3 Å². The Labute approximate surface area is 89.5 Å². The molecule has 0 aliphatic rings. The quantitative estimate of drug-likeness (QED) is 0.764. The molecule has 0 saturated heterocycles. The van der Waals surface area contributed by atoms with Gasteiger partial charge in [0.15, 0.2) is 0 Å². The van der Waals surface area contributed by atoms with Gasteiger partial charge in [-0.15, -0.1) is 0 Å². The van der Waals surface area contributed by atoms with Gasteiger partial charge in [-0.05, 0) is 24.1 Å². The summed E-state index contributed by atoms with van der Waals surface area (Å²) in [5, 5.41) is 2.53. The van der Waals surface area contributed by atoms with Gasteiger partial charge in [-0.3, -0.25) is 4.79 Å². The summed E-state index contributed by atoms with van der Waals surface area (Å²) in [6, 6.07) is 11.4. The van der Waals surface area contributed by atoms with Crippen molar-refractivity contribution in [1.29, 1.82) is 0 Å². The highest BCUT2D eigenvalue weighted by Gasteiger charge is 1.86. The number of hydrogen-bond donors (Lipinski definition) is 1. The lowest BCUT2D eigenvalue weighted by Gasteiger charge is -1.93. The minimum Gasteiger partial charge on any atom is -0.313 e. The van der Waals surface area contributed by atoms with Crippen LogP contribution in [0.2, 0.25) is 0 Å². The van der Waals surface area contributed by atoms with Gasteiger partial charge in [-0.2, -0.15) is 0 Å². The molecule has 0 unspecified atom stereocenters. The van der Waals surface area contributed by atoms with Crippen LogP contribution in [0.15, 0.2) is 42.6 Å². The summed E-state index contributed by atoms with van der Waals surface area (Å²) in [6.07, 6.45) is 3.20. The molecule has 1 rings (SSSR count). The van der Waals surface area contributed by atoms with Crippen LogP contribution in [0, 0.1) is 0 Å². The molecule has 1 aromatic heterocycles. The first kappa shape index (κ1) is 11.2. The van der Waals surface area contributed by atoms with E-state index in [1.165, 1.54) is 5.56 Å². The number of carbonyl (C=O) groups excluding carboxylic acids is 1. The van der Waals surface area contributed by atoms with Gasteiger partial charge in [-0.1, -0.05) is 31.2 Å². The molecule has 0 radical (unpaired) electrons. The zero-order valence-electron chi connectivity index (χ0n) is 8.68. The zero-order valence-corrected chi connectivity index (χ0v) is 8.68. The number of hydrogen-bond acceptors (Lipinski definition) is 2. The molecule has 0 spiro atoms. The third-order valence-corrected chi connectivity index (χ3v) is 1.90. The van der Waals surface area contributed by atoms with Crippen LogP contribution in [0.5, 0.6) is 0 Å². The van der Waals surface area contributed by atoms with Crippen LogP contribution in [0.4, 0.5) is 5.82 Å². The second-order valence-corrected chi connectivity index (χ2v) is 2.93. The van der Waals surface area contributed by atoms with Crippen molar-refractivity contribution in [2.24, 2.45) is 0 Å². The monoisotopic (exact) mass is 202 g/mol. The van der Waals surface area contributed by atoms with E-state index in [2.05, 4.69) is 17.2 Å². The van der Waals surface area contributed by atoms with E-state index < -0.39 is 0 Å². The van der Waals surface area contributed by atoms with E-state index in [9.17, 15) is 4.79 Å². The highest BCUT2D eigenvalue weighted by atomic mass is 16.1. The van der Waals surface area contributed by atoms with Gasteiger partial charge in [0, 0.05) is 6.20 Å². The number of rotatable bonds is 3. The molecule has 0 fully saturated rings. The number of anilines is 1. The first-order valence-electron chi connectivity index (χ1n) is 4.85. The second kappa shape index (κ2) is 6.54. The van der Waals surface area contributed by atoms with Crippen molar-refractivity contribution in [3.8, 4) is 0 Å². The Morgan fingerprint density at radius 3 is 2.87 bits per heavy atom. The van der Waals surface area contributed by atoms with Crippen molar-refractivity contribution in [2.75, 3.05) is 5.32 Å². The SMILES string of the molecule is CCc1cccccnc(NC=O)cc1. The third-order valence-electron chi connectivity index (χ3n) is 1.90. The molecule has 78 valence electrons. The maximum Gasteiger partial charge on any atom is 0.212 e. The minimum atomic E-state index is 0.538. The highest BCUT2D eigenvalue weighted by Crippen LogP contribution is 2.00. The van der Waals surface area contributed by atoms with Gasteiger partial charge in [0.05, 0.1) is 0 Å².